The zero-order chi connectivity index (χ0) is 24.8. The molecule has 188 valence electrons. The van der Waals surface area contributed by atoms with Crippen LogP contribution in [0.3, 0.4) is 0 Å². The van der Waals surface area contributed by atoms with Crippen LogP contribution in [-0.4, -0.2) is 66.9 Å². The number of esters is 1. The SMILES string of the molecule is CC1CCCC(C)N1CC(=O)NCCC(=O)NCCC(=O)NCCC(=O)OCc1ccccc1. The third-order valence-corrected chi connectivity index (χ3v) is 5.94. The molecule has 0 radical (unpaired) electrons. The molecular weight excluding hydrogens is 436 g/mol. The zero-order valence-corrected chi connectivity index (χ0v) is 20.3. The lowest BCUT2D eigenvalue weighted by Gasteiger charge is -2.38. The van der Waals surface area contributed by atoms with Gasteiger partial charge in [-0.1, -0.05) is 36.8 Å². The molecule has 1 saturated heterocycles. The van der Waals surface area contributed by atoms with Crippen molar-refractivity contribution < 1.29 is 23.9 Å². The Bertz CT molecular complexity index is 792. The summed E-state index contributed by atoms with van der Waals surface area (Å²) in [5.74, 6) is -0.940. The number of nitrogens with zero attached hydrogens (tertiary/aromatic N) is 1. The van der Waals surface area contributed by atoms with Crippen LogP contribution in [0.2, 0.25) is 0 Å². The molecule has 1 aromatic carbocycles. The molecule has 2 rings (SSSR count). The van der Waals surface area contributed by atoms with Gasteiger partial charge in [0.2, 0.25) is 17.7 Å². The molecular formula is C25H38N4O5. The summed E-state index contributed by atoms with van der Waals surface area (Å²) in [6, 6.07) is 10.2. The van der Waals surface area contributed by atoms with E-state index in [1.807, 2.05) is 30.3 Å². The molecule has 9 heteroatoms. The first-order chi connectivity index (χ1) is 16.3. The van der Waals surface area contributed by atoms with Crippen LogP contribution in [0.1, 0.15) is 57.9 Å². The van der Waals surface area contributed by atoms with Crippen molar-refractivity contribution in [1.29, 1.82) is 0 Å². The summed E-state index contributed by atoms with van der Waals surface area (Å²) in [6.07, 6.45) is 3.76. The van der Waals surface area contributed by atoms with Crippen molar-refractivity contribution in [3.8, 4) is 0 Å². The van der Waals surface area contributed by atoms with Crippen LogP contribution in [0.4, 0.5) is 0 Å². The van der Waals surface area contributed by atoms with Crippen LogP contribution in [-0.2, 0) is 30.5 Å². The molecule has 0 bridgehead atoms. The minimum absolute atomic E-state index is 0.0740. The van der Waals surface area contributed by atoms with Gasteiger partial charge in [0.05, 0.1) is 13.0 Å². The van der Waals surface area contributed by atoms with Gasteiger partial charge in [0, 0.05) is 44.6 Å². The highest BCUT2D eigenvalue weighted by molar-refractivity contribution is 5.81. The van der Waals surface area contributed by atoms with E-state index in [4.69, 9.17) is 4.74 Å². The van der Waals surface area contributed by atoms with E-state index < -0.39 is 0 Å². The molecule has 2 unspecified atom stereocenters. The van der Waals surface area contributed by atoms with Crippen molar-refractivity contribution in [2.75, 3.05) is 26.2 Å². The lowest BCUT2D eigenvalue weighted by atomic mass is 9.97. The maximum absolute atomic E-state index is 12.2. The molecule has 3 amide bonds. The Morgan fingerprint density at radius 3 is 1.94 bits per heavy atom. The predicted octanol–water partition coefficient (Wildman–Crippen LogP) is 1.51. The summed E-state index contributed by atoms with van der Waals surface area (Å²) in [7, 11) is 0. The molecule has 3 N–H and O–H groups in total. The van der Waals surface area contributed by atoms with Crippen molar-refractivity contribution in [3.63, 3.8) is 0 Å². The number of ether oxygens (including phenoxy) is 1. The number of hydrogen-bond donors (Lipinski definition) is 3. The molecule has 1 aliphatic rings. The molecule has 2 atom stereocenters. The van der Waals surface area contributed by atoms with E-state index in [0.29, 0.717) is 18.6 Å². The summed E-state index contributed by atoms with van der Waals surface area (Å²) in [5.41, 5.74) is 0.904. The van der Waals surface area contributed by atoms with Crippen LogP contribution in [0.25, 0.3) is 0 Å². The summed E-state index contributed by atoms with van der Waals surface area (Å²) in [4.78, 5) is 49.9. The number of rotatable bonds is 13. The fourth-order valence-electron chi connectivity index (χ4n) is 3.93. The second-order valence-corrected chi connectivity index (χ2v) is 8.75. The molecule has 1 fully saturated rings. The lowest BCUT2D eigenvalue weighted by molar-refractivity contribution is -0.144. The Morgan fingerprint density at radius 2 is 1.35 bits per heavy atom. The molecule has 0 aliphatic carbocycles. The standard InChI is InChI=1S/C25H38N4O5/c1-19-7-6-8-20(2)29(19)17-24(32)28-15-12-22(30)26-14-11-23(31)27-16-13-25(33)34-18-21-9-4-3-5-10-21/h3-5,9-10,19-20H,6-8,11-18H2,1-2H3,(H,26,30)(H,27,31)(H,28,32). The minimum Gasteiger partial charge on any atom is -0.461 e. The van der Waals surface area contributed by atoms with E-state index in [9.17, 15) is 19.2 Å². The van der Waals surface area contributed by atoms with Gasteiger partial charge >= 0.3 is 5.97 Å². The third-order valence-electron chi connectivity index (χ3n) is 5.94. The van der Waals surface area contributed by atoms with E-state index in [1.54, 1.807) is 0 Å². The van der Waals surface area contributed by atoms with Crippen LogP contribution < -0.4 is 16.0 Å². The number of carbonyl (C=O) groups is 4. The van der Waals surface area contributed by atoms with Crippen molar-refractivity contribution >= 4 is 23.7 Å². The number of amides is 3. The molecule has 0 aromatic heterocycles. The van der Waals surface area contributed by atoms with Gasteiger partial charge in [-0.3, -0.25) is 24.1 Å². The highest BCUT2D eigenvalue weighted by atomic mass is 16.5. The summed E-state index contributed by atoms with van der Waals surface area (Å²) >= 11 is 0. The summed E-state index contributed by atoms with van der Waals surface area (Å²) in [5, 5.41) is 8.10. The fraction of sp³-hybridized carbons (Fsp3) is 0.600. The Labute approximate surface area is 202 Å². The normalized spacial score (nSPS) is 18.1. The summed E-state index contributed by atoms with van der Waals surface area (Å²) < 4.78 is 5.15. The van der Waals surface area contributed by atoms with Gasteiger partial charge < -0.3 is 20.7 Å². The first-order valence-corrected chi connectivity index (χ1v) is 12.1. The lowest BCUT2D eigenvalue weighted by Crippen LogP contribution is -2.49. The quantitative estimate of drug-likeness (QED) is 0.373. The van der Waals surface area contributed by atoms with E-state index >= 15 is 0 Å². The van der Waals surface area contributed by atoms with Gasteiger partial charge in [-0.05, 0) is 32.3 Å². The van der Waals surface area contributed by atoms with Crippen LogP contribution in [0.5, 0.6) is 0 Å². The number of piperidine rings is 1. The van der Waals surface area contributed by atoms with Gasteiger partial charge in [0.25, 0.3) is 0 Å². The Balaban J connectivity index is 1.47. The van der Waals surface area contributed by atoms with Gasteiger partial charge in [-0.25, -0.2) is 0 Å². The van der Waals surface area contributed by atoms with E-state index in [2.05, 4.69) is 34.7 Å². The average molecular weight is 475 g/mol. The molecule has 34 heavy (non-hydrogen) atoms. The van der Waals surface area contributed by atoms with Crippen LogP contribution in [0, 0.1) is 0 Å². The summed E-state index contributed by atoms with van der Waals surface area (Å²) in [6.45, 7) is 5.48. The van der Waals surface area contributed by atoms with Gasteiger partial charge in [-0.15, -0.1) is 0 Å². The minimum atomic E-state index is -0.385. The van der Waals surface area contributed by atoms with Gasteiger partial charge in [0.15, 0.2) is 0 Å². The van der Waals surface area contributed by atoms with Crippen LogP contribution in [0.15, 0.2) is 30.3 Å². The first kappa shape index (κ1) is 27.3. The van der Waals surface area contributed by atoms with Crippen LogP contribution >= 0.6 is 0 Å². The Morgan fingerprint density at radius 1 is 0.824 bits per heavy atom. The molecule has 0 spiro atoms. The predicted molar refractivity (Wildman–Crippen MR) is 129 cm³/mol. The number of benzene rings is 1. The van der Waals surface area contributed by atoms with E-state index in [1.165, 1.54) is 6.42 Å². The molecule has 9 nitrogen and oxygen atoms in total. The van der Waals surface area contributed by atoms with Crippen molar-refractivity contribution in [2.24, 2.45) is 0 Å². The topological polar surface area (TPSA) is 117 Å². The maximum atomic E-state index is 12.2. The second kappa shape index (κ2) is 15.1. The van der Waals surface area contributed by atoms with E-state index in [-0.39, 0.29) is 69.2 Å². The molecule has 0 saturated carbocycles. The highest BCUT2D eigenvalue weighted by Gasteiger charge is 2.26. The second-order valence-electron chi connectivity index (χ2n) is 8.75. The molecule has 1 aliphatic heterocycles. The average Bonchev–Trinajstić information content (AvgIpc) is 2.81. The largest absolute Gasteiger partial charge is 0.461 e. The van der Waals surface area contributed by atoms with Crippen molar-refractivity contribution in [3.05, 3.63) is 35.9 Å². The number of likely N-dealkylation sites (tertiary alicyclic amines) is 1. The number of hydrogen-bond acceptors (Lipinski definition) is 6. The maximum Gasteiger partial charge on any atom is 0.307 e. The Kier molecular flexibility index (Phi) is 12.1. The number of nitrogens with one attached hydrogen (secondary N) is 3. The first-order valence-electron chi connectivity index (χ1n) is 12.1. The van der Waals surface area contributed by atoms with Crippen molar-refractivity contribution in [1.82, 2.24) is 20.9 Å². The van der Waals surface area contributed by atoms with Gasteiger partial charge in [0.1, 0.15) is 6.61 Å². The van der Waals surface area contributed by atoms with Crippen molar-refractivity contribution in [2.45, 2.75) is 71.1 Å². The monoisotopic (exact) mass is 474 g/mol. The fourth-order valence-corrected chi connectivity index (χ4v) is 3.93. The smallest absolute Gasteiger partial charge is 0.307 e. The van der Waals surface area contributed by atoms with E-state index in [0.717, 1.165) is 18.4 Å². The van der Waals surface area contributed by atoms with Gasteiger partial charge in [-0.2, -0.15) is 0 Å². The zero-order valence-electron chi connectivity index (χ0n) is 20.3. The Hall–Kier alpha value is -2.94. The highest BCUT2D eigenvalue weighted by Crippen LogP contribution is 2.21. The number of carbonyl (C=O) groups excluding carboxylic acids is 4. The molecule has 1 heterocycles. The molecule has 1 aromatic rings. The third kappa shape index (κ3) is 10.8.